The van der Waals surface area contributed by atoms with E-state index in [4.69, 9.17) is 0 Å². The maximum atomic E-state index is 11.3. The van der Waals surface area contributed by atoms with Crippen LogP contribution in [0.1, 0.15) is 145 Å². The Kier molecular flexibility index (Phi) is 25.0. The van der Waals surface area contributed by atoms with Gasteiger partial charge in [0.25, 0.3) is 0 Å². The standard InChI is InChI=1S/C12H18N2O.C11H15NO2.C11H15NO.2C10H14/c1-9(2)10-5-7-11(8-6-10)13-12(15)14(3)4;1-8(2)9-4-6-10(7-5-9)12-11(13)14-3;1-8(2)10-4-6-11(7-5-10)12-9(3)13;2*1-8(2)10-6-4-9(3)5-7-10/h5-9H,1-4H3,(H,13,15);4-8H,1-3H3,(H,12,13);4-8H,1-3H3,(H,12,13);2*4-8H,1-3H3. The van der Waals surface area contributed by atoms with Crippen LogP contribution in [0.25, 0.3) is 0 Å². The highest BCUT2D eigenvalue weighted by Crippen LogP contribution is 2.20. The fourth-order valence-corrected chi connectivity index (χ4v) is 5.36. The van der Waals surface area contributed by atoms with E-state index >= 15 is 0 Å². The number of methoxy groups -OCH3 is 1. The van der Waals surface area contributed by atoms with Gasteiger partial charge in [0, 0.05) is 38.1 Å². The van der Waals surface area contributed by atoms with Gasteiger partial charge in [-0.15, -0.1) is 0 Å². The molecule has 0 bridgehead atoms. The molecule has 8 heteroatoms. The Morgan fingerprint density at radius 1 is 0.419 bits per heavy atom. The van der Waals surface area contributed by atoms with Crippen LogP contribution >= 0.6 is 0 Å². The number of rotatable bonds is 8. The van der Waals surface area contributed by atoms with E-state index in [-0.39, 0.29) is 11.9 Å². The molecule has 5 aromatic carbocycles. The molecule has 62 heavy (non-hydrogen) atoms. The summed E-state index contributed by atoms with van der Waals surface area (Å²) in [5.74, 6) is 2.83. The molecule has 336 valence electrons. The molecule has 5 aromatic rings. The summed E-state index contributed by atoms with van der Waals surface area (Å²) in [5.41, 5.74) is 11.8. The summed E-state index contributed by atoms with van der Waals surface area (Å²) >= 11 is 0. The number of carbonyl (C=O) groups excluding carboxylic acids is 3. The number of benzene rings is 5. The van der Waals surface area contributed by atoms with Gasteiger partial charge >= 0.3 is 12.1 Å². The Bertz CT molecular complexity index is 1950. The van der Waals surface area contributed by atoms with Gasteiger partial charge in [0.1, 0.15) is 0 Å². The zero-order chi connectivity index (χ0) is 46.9. The normalized spacial score (nSPS) is 10.2. The van der Waals surface area contributed by atoms with Crippen molar-refractivity contribution < 1.29 is 19.1 Å². The van der Waals surface area contributed by atoms with Gasteiger partial charge in [-0.05, 0) is 108 Å². The van der Waals surface area contributed by atoms with E-state index in [1.807, 2.05) is 72.8 Å². The van der Waals surface area contributed by atoms with Crippen LogP contribution in [0.5, 0.6) is 0 Å². The van der Waals surface area contributed by atoms with Crippen LogP contribution in [-0.4, -0.2) is 44.1 Å². The summed E-state index contributed by atoms with van der Waals surface area (Å²) in [6, 6.07) is 40.9. The largest absolute Gasteiger partial charge is 0.453 e. The molecule has 5 rings (SSSR count). The Morgan fingerprint density at radius 2 is 0.661 bits per heavy atom. The second kappa shape index (κ2) is 28.6. The van der Waals surface area contributed by atoms with E-state index in [0.29, 0.717) is 29.6 Å². The zero-order valence-corrected chi connectivity index (χ0v) is 40.5. The van der Waals surface area contributed by atoms with E-state index in [1.165, 1.54) is 57.9 Å². The van der Waals surface area contributed by atoms with Crippen LogP contribution in [0.3, 0.4) is 0 Å². The average molecular weight is 845 g/mol. The van der Waals surface area contributed by atoms with Crippen molar-refractivity contribution in [3.8, 4) is 0 Å². The SMILES string of the molecule is CC(=O)Nc1ccc(C(C)C)cc1.CC(C)c1ccc(NC(=O)N(C)C)cc1.COC(=O)Nc1ccc(C(C)C)cc1.Cc1ccc(C(C)C)cc1.Cc1ccc(C(C)C)cc1. The Balaban J connectivity index is 0.000000391. The minimum absolute atomic E-state index is 0.0303. The summed E-state index contributed by atoms with van der Waals surface area (Å²) in [4.78, 5) is 34.4. The minimum Gasteiger partial charge on any atom is -0.453 e. The third kappa shape index (κ3) is 22.6. The van der Waals surface area contributed by atoms with Gasteiger partial charge in [-0.3, -0.25) is 10.1 Å². The van der Waals surface area contributed by atoms with Crippen molar-refractivity contribution in [3.63, 3.8) is 0 Å². The molecular formula is C54H76N4O4. The van der Waals surface area contributed by atoms with Crippen molar-refractivity contribution in [1.82, 2.24) is 4.90 Å². The van der Waals surface area contributed by atoms with E-state index < -0.39 is 6.09 Å². The lowest BCUT2D eigenvalue weighted by Gasteiger charge is -2.12. The van der Waals surface area contributed by atoms with E-state index in [0.717, 1.165) is 17.1 Å². The molecule has 3 N–H and O–H groups in total. The maximum Gasteiger partial charge on any atom is 0.411 e. The number of anilines is 3. The third-order valence-corrected chi connectivity index (χ3v) is 9.63. The molecule has 0 aromatic heterocycles. The smallest absolute Gasteiger partial charge is 0.411 e. The minimum atomic E-state index is -0.442. The predicted octanol–water partition coefficient (Wildman–Crippen LogP) is 14.9. The number of urea groups is 1. The van der Waals surface area contributed by atoms with Crippen LogP contribution in [0, 0.1) is 13.8 Å². The van der Waals surface area contributed by atoms with E-state index in [9.17, 15) is 14.4 Å². The molecule has 0 radical (unpaired) electrons. The topological polar surface area (TPSA) is 99.8 Å². The molecule has 0 heterocycles. The number of ether oxygens (including phenoxy) is 1. The van der Waals surface area contributed by atoms with E-state index in [2.05, 4.69) is 152 Å². The van der Waals surface area contributed by atoms with Gasteiger partial charge in [-0.1, -0.05) is 165 Å². The van der Waals surface area contributed by atoms with Crippen LogP contribution in [0.4, 0.5) is 26.7 Å². The van der Waals surface area contributed by atoms with Gasteiger partial charge in [-0.25, -0.2) is 9.59 Å². The van der Waals surface area contributed by atoms with Gasteiger partial charge in [0.15, 0.2) is 0 Å². The molecule has 0 aliphatic heterocycles. The van der Waals surface area contributed by atoms with Crippen LogP contribution in [-0.2, 0) is 9.53 Å². The van der Waals surface area contributed by atoms with Crippen LogP contribution in [0.2, 0.25) is 0 Å². The summed E-state index contributed by atoms with van der Waals surface area (Å²) < 4.78 is 4.48. The number of amides is 4. The second-order valence-electron chi connectivity index (χ2n) is 17.1. The molecule has 8 nitrogen and oxygen atoms in total. The number of hydrogen-bond acceptors (Lipinski definition) is 4. The molecule has 0 spiro atoms. The molecule has 0 fully saturated rings. The Morgan fingerprint density at radius 3 is 0.887 bits per heavy atom. The Hall–Kier alpha value is -5.89. The number of nitrogens with zero attached hydrogens (tertiary/aromatic N) is 1. The van der Waals surface area contributed by atoms with Crippen LogP contribution in [0.15, 0.2) is 121 Å². The van der Waals surface area contributed by atoms with Crippen molar-refractivity contribution in [2.45, 2.75) is 120 Å². The van der Waals surface area contributed by atoms with Gasteiger partial charge in [-0.2, -0.15) is 0 Å². The third-order valence-electron chi connectivity index (χ3n) is 9.63. The van der Waals surface area contributed by atoms with Gasteiger partial charge < -0.3 is 20.3 Å². The lowest BCUT2D eigenvalue weighted by Crippen LogP contribution is -2.27. The monoisotopic (exact) mass is 845 g/mol. The molecule has 0 saturated heterocycles. The predicted molar refractivity (Wildman–Crippen MR) is 265 cm³/mol. The van der Waals surface area contributed by atoms with Crippen molar-refractivity contribution in [2.75, 3.05) is 37.2 Å². The molecule has 0 aliphatic carbocycles. The first-order valence-electron chi connectivity index (χ1n) is 21.7. The number of aryl methyl sites for hydroxylation is 2. The molecule has 0 unspecified atom stereocenters. The average Bonchev–Trinajstić information content (AvgIpc) is 3.22. The number of carbonyl (C=O) groups is 3. The van der Waals surface area contributed by atoms with Gasteiger partial charge in [0.05, 0.1) is 7.11 Å². The van der Waals surface area contributed by atoms with Crippen LogP contribution < -0.4 is 16.0 Å². The quantitative estimate of drug-likeness (QED) is 0.145. The summed E-state index contributed by atoms with van der Waals surface area (Å²) in [6.45, 7) is 27.4. The van der Waals surface area contributed by atoms with Crippen molar-refractivity contribution >= 4 is 35.1 Å². The molecule has 0 aliphatic rings. The molecule has 0 saturated carbocycles. The number of nitrogens with one attached hydrogen (secondary N) is 3. The highest BCUT2D eigenvalue weighted by molar-refractivity contribution is 5.89. The molecule has 0 atom stereocenters. The van der Waals surface area contributed by atoms with Crippen molar-refractivity contribution in [3.05, 3.63) is 160 Å². The van der Waals surface area contributed by atoms with Crippen molar-refractivity contribution in [1.29, 1.82) is 0 Å². The maximum absolute atomic E-state index is 11.3. The molecule has 4 amide bonds. The second-order valence-corrected chi connectivity index (χ2v) is 17.1. The molecular weight excluding hydrogens is 769 g/mol. The lowest BCUT2D eigenvalue weighted by molar-refractivity contribution is -0.114. The highest BCUT2D eigenvalue weighted by Gasteiger charge is 2.05. The summed E-state index contributed by atoms with van der Waals surface area (Å²) in [5, 5.41) is 8.12. The number of hydrogen-bond donors (Lipinski definition) is 3. The first-order chi connectivity index (χ1) is 29.1. The zero-order valence-electron chi connectivity index (χ0n) is 40.5. The first-order valence-corrected chi connectivity index (χ1v) is 21.7. The van der Waals surface area contributed by atoms with E-state index in [1.54, 1.807) is 14.1 Å². The lowest BCUT2D eigenvalue weighted by atomic mass is 10.0. The Labute approximate surface area is 374 Å². The summed E-state index contributed by atoms with van der Waals surface area (Å²) in [6.07, 6.45) is -0.442. The van der Waals surface area contributed by atoms with Gasteiger partial charge in [0.2, 0.25) is 5.91 Å². The summed E-state index contributed by atoms with van der Waals surface area (Å²) in [7, 11) is 4.79. The fourth-order valence-electron chi connectivity index (χ4n) is 5.36. The first kappa shape index (κ1) is 54.1. The fraction of sp³-hybridized carbons (Fsp3) is 0.389. The highest BCUT2D eigenvalue weighted by atomic mass is 16.5. The van der Waals surface area contributed by atoms with Crippen molar-refractivity contribution in [2.24, 2.45) is 0 Å².